The maximum absolute atomic E-state index is 11.9. The zero-order valence-electron chi connectivity index (χ0n) is 9.24. The monoisotopic (exact) mass is 278 g/mol. The molecule has 18 heavy (non-hydrogen) atoms. The standard InChI is InChI=1S/C11H10N4OS2/c12-10(17)9(7-4-2-1-3-5-7)13-11(16)8-6-18-15-14-8/h1-6,9H,(H2,12,17)(H,13,16). The Kier molecular flexibility index (Phi) is 3.96. The number of hydrogen-bond acceptors (Lipinski definition) is 5. The van der Waals surface area contributed by atoms with Crippen LogP contribution in [0.2, 0.25) is 0 Å². The molecule has 1 aromatic carbocycles. The summed E-state index contributed by atoms with van der Waals surface area (Å²) in [7, 11) is 0. The summed E-state index contributed by atoms with van der Waals surface area (Å²) < 4.78 is 3.63. The second-order valence-electron chi connectivity index (χ2n) is 3.51. The van der Waals surface area contributed by atoms with E-state index in [0.29, 0.717) is 0 Å². The molecule has 0 spiro atoms. The fourth-order valence-electron chi connectivity index (χ4n) is 1.43. The summed E-state index contributed by atoms with van der Waals surface area (Å²) >= 11 is 6.09. The van der Waals surface area contributed by atoms with E-state index >= 15 is 0 Å². The molecule has 0 fully saturated rings. The number of nitrogens with two attached hydrogens (primary N) is 1. The van der Waals surface area contributed by atoms with Gasteiger partial charge in [0, 0.05) is 5.38 Å². The number of thiocarbonyl (C=S) groups is 1. The molecule has 1 aromatic heterocycles. The van der Waals surface area contributed by atoms with Crippen LogP contribution in [0.4, 0.5) is 0 Å². The lowest BCUT2D eigenvalue weighted by atomic mass is 10.1. The van der Waals surface area contributed by atoms with Gasteiger partial charge in [0.1, 0.15) is 11.0 Å². The van der Waals surface area contributed by atoms with E-state index in [1.807, 2.05) is 30.3 Å². The average Bonchev–Trinajstić information content (AvgIpc) is 2.90. The van der Waals surface area contributed by atoms with Crippen LogP contribution in [0.15, 0.2) is 35.7 Å². The van der Waals surface area contributed by atoms with Gasteiger partial charge in [-0.25, -0.2) is 0 Å². The van der Waals surface area contributed by atoms with Crippen molar-refractivity contribution in [3.8, 4) is 0 Å². The van der Waals surface area contributed by atoms with E-state index < -0.39 is 6.04 Å². The van der Waals surface area contributed by atoms with Gasteiger partial charge in [-0.2, -0.15) is 0 Å². The normalized spacial score (nSPS) is 11.8. The molecule has 0 aliphatic rings. The van der Waals surface area contributed by atoms with Crippen molar-refractivity contribution in [2.45, 2.75) is 6.04 Å². The van der Waals surface area contributed by atoms with Gasteiger partial charge in [0.25, 0.3) is 5.91 Å². The molecule has 1 unspecified atom stereocenters. The summed E-state index contributed by atoms with van der Waals surface area (Å²) in [6, 6.07) is 8.79. The Morgan fingerprint density at radius 3 is 2.67 bits per heavy atom. The Bertz CT molecular complexity index is 541. The van der Waals surface area contributed by atoms with Gasteiger partial charge in [-0.05, 0) is 17.1 Å². The minimum Gasteiger partial charge on any atom is -0.391 e. The van der Waals surface area contributed by atoms with Gasteiger partial charge in [0.05, 0.1) is 0 Å². The van der Waals surface area contributed by atoms with E-state index in [1.165, 1.54) is 0 Å². The van der Waals surface area contributed by atoms with Crippen LogP contribution in [0.1, 0.15) is 22.1 Å². The highest BCUT2D eigenvalue weighted by atomic mass is 32.1. The second kappa shape index (κ2) is 5.65. The van der Waals surface area contributed by atoms with Crippen LogP contribution in [0.25, 0.3) is 0 Å². The van der Waals surface area contributed by atoms with E-state index in [4.69, 9.17) is 18.0 Å². The first-order chi connectivity index (χ1) is 8.68. The van der Waals surface area contributed by atoms with Crippen molar-refractivity contribution in [1.29, 1.82) is 0 Å². The molecule has 0 saturated carbocycles. The molecule has 0 aliphatic heterocycles. The lowest BCUT2D eigenvalue weighted by Gasteiger charge is -2.16. The molecule has 2 rings (SSSR count). The quantitative estimate of drug-likeness (QED) is 0.824. The molecule has 5 nitrogen and oxygen atoms in total. The summed E-state index contributed by atoms with van der Waals surface area (Å²) in [5.74, 6) is -0.342. The van der Waals surface area contributed by atoms with Gasteiger partial charge in [-0.1, -0.05) is 47.0 Å². The van der Waals surface area contributed by atoms with Gasteiger partial charge in [-0.3, -0.25) is 4.79 Å². The van der Waals surface area contributed by atoms with E-state index in [2.05, 4.69) is 14.9 Å². The molecule has 0 aliphatic carbocycles. The third kappa shape index (κ3) is 2.88. The van der Waals surface area contributed by atoms with Gasteiger partial charge >= 0.3 is 0 Å². The van der Waals surface area contributed by atoms with Crippen molar-refractivity contribution in [2.24, 2.45) is 5.73 Å². The molecule has 1 amide bonds. The topological polar surface area (TPSA) is 80.9 Å². The SMILES string of the molecule is NC(=S)C(NC(=O)c1csnn1)c1ccccc1. The average molecular weight is 278 g/mol. The summed E-state index contributed by atoms with van der Waals surface area (Å²) in [6.07, 6.45) is 0. The highest BCUT2D eigenvalue weighted by Crippen LogP contribution is 2.13. The van der Waals surface area contributed by atoms with Crippen LogP contribution in [0.3, 0.4) is 0 Å². The number of nitrogens with zero attached hydrogens (tertiary/aromatic N) is 2. The molecule has 92 valence electrons. The lowest BCUT2D eigenvalue weighted by molar-refractivity contribution is 0.0942. The van der Waals surface area contributed by atoms with Crippen LogP contribution >= 0.6 is 23.8 Å². The molecule has 0 saturated heterocycles. The number of carbonyl (C=O) groups excluding carboxylic acids is 1. The van der Waals surface area contributed by atoms with Crippen LogP contribution in [0.5, 0.6) is 0 Å². The van der Waals surface area contributed by atoms with Gasteiger partial charge in [-0.15, -0.1) is 5.10 Å². The molecule has 1 heterocycles. The Morgan fingerprint density at radius 2 is 2.11 bits per heavy atom. The highest BCUT2D eigenvalue weighted by molar-refractivity contribution is 7.80. The number of rotatable bonds is 4. The van der Waals surface area contributed by atoms with E-state index in [9.17, 15) is 4.79 Å². The zero-order chi connectivity index (χ0) is 13.0. The molecule has 0 bridgehead atoms. The van der Waals surface area contributed by atoms with Crippen LogP contribution in [0, 0.1) is 0 Å². The third-order valence-corrected chi connectivity index (χ3v) is 3.03. The first-order valence-electron chi connectivity index (χ1n) is 5.10. The molecule has 3 N–H and O–H groups in total. The Morgan fingerprint density at radius 1 is 1.39 bits per heavy atom. The number of carbonyl (C=O) groups is 1. The fraction of sp³-hybridized carbons (Fsp3) is 0.0909. The highest BCUT2D eigenvalue weighted by Gasteiger charge is 2.19. The van der Waals surface area contributed by atoms with Crippen LogP contribution < -0.4 is 11.1 Å². The number of nitrogens with one attached hydrogen (secondary N) is 1. The van der Waals surface area contributed by atoms with Gasteiger partial charge < -0.3 is 11.1 Å². The molecule has 1 atom stereocenters. The molecule has 0 radical (unpaired) electrons. The molecular formula is C11H10N4OS2. The summed E-state index contributed by atoms with van der Waals surface area (Å²) in [6.45, 7) is 0. The summed E-state index contributed by atoms with van der Waals surface area (Å²) in [5, 5.41) is 8.00. The molecular weight excluding hydrogens is 268 g/mol. The molecule has 2 aromatic rings. The Hall–Kier alpha value is -1.86. The van der Waals surface area contributed by atoms with Gasteiger partial charge in [0.2, 0.25) is 0 Å². The number of aromatic nitrogens is 2. The van der Waals surface area contributed by atoms with Crippen molar-refractivity contribution in [1.82, 2.24) is 14.9 Å². The molecule has 7 heteroatoms. The zero-order valence-corrected chi connectivity index (χ0v) is 10.9. The third-order valence-electron chi connectivity index (χ3n) is 2.29. The first kappa shape index (κ1) is 12.6. The number of hydrogen-bond donors (Lipinski definition) is 2. The van der Waals surface area contributed by atoms with Gasteiger partial charge in [0.15, 0.2) is 5.69 Å². The minimum atomic E-state index is -0.504. The van der Waals surface area contributed by atoms with Crippen LogP contribution in [-0.2, 0) is 0 Å². The van der Waals surface area contributed by atoms with Crippen molar-refractivity contribution < 1.29 is 4.79 Å². The van der Waals surface area contributed by atoms with Crippen molar-refractivity contribution >= 4 is 34.6 Å². The van der Waals surface area contributed by atoms with Crippen molar-refractivity contribution in [3.05, 3.63) is 47.0 Å². The van der Waals surface area contributed by atoms with Crippen LogP contribution in [-0.4, -0.2) is 20.5 Å². The second-order valence-corrected chi connectivity index (χ2v) is 4.59. The van der Waals surface area contributed by atoms with E-state index in [-0.39, 0.29) is 16.6 Å². The minimum absolute atomic E-state index is 0.206. The Balaban J connectivity index is 2.18. The first-order valence-corrected chi connectivity index (χ1v) is 6.35. The predicted octanol–water partition coefficient (Wildman–Crippen LogP) is 1.30. The largest absolute Gasteiger partial charge is 0.391 e. The maximum atomic E-state index is 11.9. The number of benzene rings is 1. The smallest absolute Gasteiger partial charge is 0.273 e. The fourth-order valence-corrected chi connectivity index (χ4v) is 2.06. The lowest BCUT2D eigenvalue weighted by Crippen LogP contribution is -2.36. The number of amides is 1. The van der Waals surface area contributed by atoms with E-state index in [1.54, 1.807) is 5.38 Å². The Labute approximate surface area is 113 Å². The van der Waals surface area contributed by atoms with Crippen molar-refractivity contribution in [2.75, 3.05) is 0 Å². The summed E-state index contributed by atoms with van der Waals surface area (Å²) in [4.78, 5) is 12.1. The summed E-state index contributed by atoms with van der Waals surface area (Å²) in [5.41, 5.74) is 6.75. The van der Waals surface area contributed by atoms with Crippen molar-refractivity contribution in [3.63, 3.8) is 0 Å². The predicted molar refractivity (Wildman–Crippen MR) is 73.3 cm³/mol. The maximum Gasteiger partial charge on any atom is 0.273 e. The van der Waals surface area contributed by atoms with E-state index in [0.717, 1.165) is 17.1 Å².